The summed E-state index contributed by atoms with van der Waals surface area (Å²) < 4.78 is 1.60. The van der Waals surface area contributed by atoms with Crippen LogP contribution in [0.15, 0.2) is 60.9 Å². The highest BCUT2D eigenvalue weighted by Crippen LogP contribution is 2.20. The lowest BCUT2D eigenvalue weighted by atomic mass is 10.1. The third-order valence-electron chi connectivity index (χ3n) is 3.86. The molecule has 0 aliphatic carbocycles. The van der Waals surface area contributed by atoms with Gasteiger partial charge < -0.3 is 5.11 Å². The number of hydrogen-bond acceptors (Lipinski definition) is 3. The lowest BCUT2D eigenvalue weighted by molar-refractivity contribution is 0.0698. The van der Waals surface area contributed by atoms with Crippen molar-refractivity contribution in [2.24, 2.45) is 0 Å². The van der Waals surface area contributed by atoms with Gasteiger partial charge in [0.25, 0.3) is 0 Å². The van der Waals surface area contributed by atoms with Gasteiger partial charge in [-0.05, 0) is 23.6 Å². The third-order valence-corrected chi connectivity index (χ3v) is 3.86. The number of carbonyl (C=O) groups is 1. The summed E-state index contributed by atoms with van der Waals surface area (Å²) in [5.41, 5.74) is 2.15. The molecule has 5 nitrogen and oxygen atoms in total. The van der Waals surface area contributed by atoms with E-state index in [1.165, 1.54) is 0 Å². The van der Waals surface area contributed by atoms with E-state index in [1.807, 2.05) is 42.5 Å². The highest BCUT2D eigenvalue weighted by Gasteiger charge is 2.19. The largest absolute Gasteiger partial charge is 0.478 e. The smallest absolute Gasteiger partial charge is 0.339 e. The zero-order valence-electron chi connectivity index (χ0n) is 12.2. The first-order valence-electron chi connectivity index (χ1n) is 7.25. The molecule has 0 atom stereocenters. The average Bonchev–Trinajstić information content (AvgIpc) is 2.92. The fourth-order valence-corrected chi connectivity index (χ4v) is 2.80. The summed E-state index contributed by atoms with van der Waals surface area (Å²) in [5, 5.41) is 16.1. The summed E-state index contributed by atoms with van der Waals surface area (Å²) in [6.07, 6.45) is 3.94. The zero-order valence-corrected chi connectivity index (χ0v) is 12.2. The van der Waals surface area contributed by atoms with Crippen molar-refractivity contribution < 1.29 is 9.90 Å². The van der Waals surface area contributed by atoms with Crippen LogP contribution >= 0.6 is 0 Å². The third kappa shape index (κ3) is 2.32. The summed E-state index contributed by atoms with van der Waals surface area (Å²) in [5.74, 6) is -0.970. The highest BCUT2D eigenvalue weighted by molar-refractivity contribution is 5.97. The molecule has 0 fully saturated rings. The first kappa shape index (κ1) is 13.5. The molecule has 4 aromatic rings. The molecule has 112 valence electrons. The summed E-state index contributed by atoms with van der Waals surface area (Å²) >= 11 is 0. The van der Waals surface area contributed by atoms with Gasteiger partial charge in [0.05, 0.1) is 11.2 Å². The van der Waals surface area contributed by atoms with Crippen molar-refractivity contribution >= 4 is 22.3 Å². The normalized spacial score (nSPS) is 11.1. The number of benzene rings is 1. The maximum atomic E-state index is 11.6. The molecule has 3 heterocycles. The van der Waals surface area contributed by atoms with E-state index >= 15 is 0 Å². The van der Waals surface area contributed by atoms with Crippen LogP contribution < -0.4 is 0 Å². The maximum Gasteiger partial charge on any atom is 0.339 e. The van der Waals surface area contributed by atoms with Gasteiger partial charge in [-0.1, -0.05) is 30.3 Å². The van der Waals surface area contributed by atoms with Crippen molar-refractivity contribution in [2.75, 3.05) is 0 Å². The van der Waals surface area contributed by atoms with Gasteiger partial charge in [-0.2, -0.15) is 5.10 Å². The molecule has 0 bridgehead atoms. The Labute approximate surface area is 131 Å². The summed E-state index contributed by atoms with van der Waals surface area (Å²) in [4.78, 5) is 16.1. The van der Waals surface area contributed by atoms with Crippen molar-refractivity contribution in [3.8, 4) is 0 Å². The van der Waals surface area contributed by atoms with Crippen LogP contribution in [-0.2, 0) is 6.42 Å². The molecule has 1 aromatic carbocycles. The fraction of sp³-hybridized carbons (Fsp3) is 0.0556. The Hall–Kier alpha value is -3.21. The van der Waals surface area contributed by atoms with E-state index in [9.17, 15) is 9.90 Å². The van der Waals surface area contributed by atoms with Crippen LogP contribution in [-0.4, -0.2) is 25.7 Å². The number of nitrogens with zero attached hydrogens (tertiary/aromatic N) is 3. The lowest BCUT2D eigenvalue weighted by Crippen LogP contribution is -2.02. The van der Waals surface area contributed by atoms with Crippen LogP contribution in [0, 0.1) is 0 Å². The number of fused-ring (bicyclic) bond motifs is 2. The Bertz CT molecular complexity index is 1040. The van der Waals surface area contributed by atoms with E-state index in [0.29, 0.717) is 17.6 Å². The van der Waals surface area contributed by atoms with Gasteiger partial charge in [0.1, 0.15) is 5.56 Å². The molecule has 0 radical (unpaired) electrons. The zero-order chi connectivity index (χ0) is 15.8. The molecule has 0 spiro atoms. The van der Waals surface area contributed by atoms with Crippen LogP contribution in [0.25, 0.3) is 16.3 Å². The van der Waals surface area contributed by atoms with E-state index in [2.05, 4.69) is 10.1 Å². The van der Waals surface area contributed by atoms with Crippen LogP contribution in [0.1, 0.15) is 21.7 Å². The van der Waals surface area contributed by atoms with Gasteiger partial charge >= 0.3 is 5.97 Å². The fourth-order valence-electron chi connectivity index (χ4n) is 2.80. The molecular weight excluding hydrogens is 290 g/mol. The Kier molecular flexibility index (Phi) is 3.05. The first-order valence-corrected chi connectivity index (χ1v) is 7.25. The van der Waals surface area contributed by atoms with Crippen molar-refractivity contribution in [1.29, 1.82) is 0 Å². The highest BCUT2D eigenvalue weighted by atomic mass is 16.4. The van der Waals surface area contributed by atoms with Crippen molar-refractivity contribution in [3.05, 3.63) is 77.9 Å². The van der Waals surface area contributed by atoms with E-state index in [4.69, 9.17) is 0 Å². The van der Waals surface area contributed by atoms with E-state index < -0.39 is 5.97 Å². The quantitative estimate of drug-likeness (QED) is 0.631. The number of aromatic nitrogens is 3. The molecule has 23 heavy (non-hydrogen) atoms. The molecule has 1 N–H and O–H groups in total. The lowest BCUT2D eigenvalue weighted by Gasteiger charge is -2.02. The van der Waals surface area contributed by atoms with Crippen LogP contribution in [0.4, 0.5) is 0 Å². The first-order chi connectivity index (χ1) is 11.2. The molecular formula is C18H13N3O2. The van der Waals surface area contributed by atoms with Gasteiger partial charge in [0.15, 0.2) is 0 Å². The van der Waals surface area contributed by atoms with Crippen molar-refractivity contribution in [3.63, 3.8) is 0 Å². The van der Waals surface area contributed by atoms with Gasteiger partial charge in [0, 0.05) is 29.9 Å². The minimum Gasteiger partial charge on any atom is -0.478 e. The maximum absolute atomic E-state index is 11.6. The Balaban J connectivity index is 1.82. The van der Waals surface area contributed by atoms with E-state index in [1.54, 1.807) is 23.0 Å². The topological polar surface area (TPSA) is 67.5 Å². The number of carboxylic acids is 1. The molecule has 0 saturated carbocycles. The number of carboxylic acid groups (broad SMARTS) is 1. The van der Waals surface area contributed by atoms with E-state index in [0.717, 1.165) is 16.5 Å². The molecule has 5 heteroatoms. The van der Waals surface area contributed by atoms with E-state index in [-0.39, 0.29) is 5.56 Å². The predicted molar refractivity (Wildman–Crippen MR) is 86.7 cm³/mol. The van der Waals surface area contributed by atoms with Crippen molar-refractivity contribution in [2.45, 2.75) is 6.42 Å². The van der Waals surface area contributed by atoms with Crippen molar-refractivity contribution in [1.82, 2.24) is 14.6 Å². The SMILES string of the molecule is O=C(O)c1c(Cc2cc3ccccc3cn2)nn2ccccc12. The minimum atomic E-state index is -0.970. The van der Waals surface area contributed by atoms with Crippen LogP contribution in [0.5, 0.6) is 0 Å². The number of pyridine rings is 2. The molecule has 0 aliphatic rings. The van der Waals surface area contributed by atoms with Gasteiger partial charge in [-0.3, -0.25) is 4.98 Å². The summed E-state index contributed by atoms with van der Waals surface area (Å²) in [7, 11) is 0. The monoisotopic (exact) mass is 303 g/mol. The van der Waals surface area contributed by atoms with Crippen LogP contribution in [0.2, 0.25) is 0 Å². The average molecular weight is 303 g/mol. The Morgan fingerprint density at radius 2 is 1.87 bits per heavy atom. The van der Waals surface area contributed by atoms with Gasteiger partial charge in [-0.15, -0.1) is 0 Å². The van der Waals surface area contributed by atoms with Crippen LogP contribution in [0.3, 0.4) is 0 Å². The van der Waals surface area contributed by atoms with Gasteiger partial charge in [-0.25, -0.2) is 9.31 Å². The molecule has 0 amide bonds. The number of rotatable bonds is 3. The molecule has 0 aliphatic heterocycles. The second kappa shape index (κ2) is 5.21. The Morgan fingerprint density at radius 3 is 2.70 bits per heavy atom. The van der Waals surface area contributed by atoms with Gasteiger partial charge in [0.2, 0.25) is 0 Å². The predicted octanol–water partition coefficient (Wildman–Crippen LogP) is 3.17. The molecule has 3 aromatic heterocycles. The molecule has 0 saturated heterocycles. The minimum absolute atomic E-state index is 0.237. The molecule has 0 unspecified atom stereocenters. The second-order valence-corrected chi connectivity index (χ2v) is 5.36. The second-order valence-electron chi connectivity index (χ2n) is 5.36. The Morgan fingerprint density at radius 1 is 1.09 bits per heavy atom. The number of aromatic carboxylic acids is 1. The number of hydrogen-bond donors (Lipinski definition) is 1. The summed E-state index contributed by atoms with van der Waals surface area (Å²) in [6, 6.07) is 15.3. The molecule has 4 rings (SSSR count). The summed E-state index contributed by atoms with van der Waals surface area (Å²) in [6.45, 7) is 0. The standard InChI is InChI=1S/C18H13N3O2/c22-18(23)17-15(20-21-8-4-3-7-16(17)21)10-14-9-12-5-1-2-6-13(12)11-19-14/h1-9,11H,10H2,(H,22,23).